The van der Waals surface area contributed by atoms with Gasteiger partial charge in [0.15, 0.2) is 0 Å². The molecule has 0 aliphatic carbocycles. The van der Waals surface area contributed by atoms with Gasteiger partial charge in [-0.05, 0) is 143 Å². The highest BCUT2D eigenvalue weighted by Gasteiger charge is 2.15. The molecule has 0 aromatic heterocycles. The molecule has 0 amide bonds. The highest BCUT2D eigenvalue weighted by Crippen LogP contribution is 2.39. The summed E-state index contributed by atoms with van der Waals surface area (Å²) in [5.74, 6) is 0.903. The van der Waals surface area contributed by atoms with Gasteiger partial charge in [0.2, 0.25) is 0 Å². The van der Waals surface area contributed by atoms with Crippen molar-refractivity contribution in [3.05, 3.63) is 89.5 Å². The van der Waals surface area contributed by atoms with Crippen LogP contribution >= 0.6 is 0 Å². The third-order valence-electron chi connectivity index (χ3n) is 8.28. The average molecular weight is 565 g/mol. The van der Waals surface area contributed by atoms with Crippen LogP contribution in [0.3, 0.4) is 0 Å². The molecule has 3 nitrogen and oxygen atoms in total. The largest absolute Gasteiger partial charge is 0.508 e. The molecule has 0 fully saturated rings. The van der Waals surface area contributed by atoms with Gasteiger partial charge in [0, 0.05) is 0 Å². The molecule has 3 N–H and O–H groups in total. The lowest BCUT2D eigenvalue weighted by molar-refractivity contribution is 0.474. The molecule has 0 radical (unpaired) electrons. The van der Waals surface area contributed by atoms with E-state index in [2.05, 4.69) is 57.2 Å². The Labute approximate surface area is 252 Å². The maximum atomic E-state index is 10.4. The molecule has 42 heavy (non-hydrogen) atoms. The van der Waals surface area contributed by atoms with Crippen molar-refractivity contribution in [1.29, 1.82) is 0 Å². The normalized spacial score (nSPS) is 11.2. The first kappa shape index (κ1) is 31.2. The summed E-state index contributed by atoms with van der Waals surface area (Å²) in [6.45, 7) is 6.64. The number of rotatable bonds is 15. The topological polar surface area (TPSA) is 60.7 Å². The maximum absolute atomic E-state index is 10.4. The Hall–Kier alpha value is -3.72. The lowest BCUT2D eigenvalue weighted by atomic mass is 9.87. The number of phenols is 3. The Bertz CT molecular complexity index is 1270. The zero-order chi connectivity index (χ0) is 29.9. The fourth-order valence-electron chi connectivity index (χ4n) is 6.00. The summed E-state index contributed by atoms with van der Waals surface area (Å²) in [6, 6.07) is 24.1. The van der Waals surface area contributed by atoms with Gasteiger partial charge in [0.1, 0.15) is 17.2 Å². The Morgan fingerprint density at radius 3 is 0.929 bits per heavy atom. The molecule has 0 bridgehead atoms. The van der Waals surface area contributed by atoms with Crippen LogP contribution in [0, 0.1) is 0 Å². The van der Waals surface area contributed by atoms with Crippen LogP contribution < -0.4 is 0 Å². The van der Waals surface area contributed by atoms with Gasteiger partial charge < -0.3 is 15.3 Å². The Morgan fingerprint density at radius 1 is 0.381 bits per heavy atom. The van der Waals surface area contributed by atoms with Crippen LogP contribution in [0.1, 0.15) is 95.2 Å². The number of phenolic OH excluding ortho intramolecular Hbond substituents is 3. The molecule has 0 unspecified atom stereocenters. The Kier molecular flexibility index (Phi) is 11.5. The molecule has 222 valence electrons. The van der Waals surface area contributed by atoms with Crippen molar-refractivity contribution in [1.82, 2.24) is 0 Å². The molecule has 0 atom stereocenters. The van der Waals surface area contributed by atoms with Crippen molar-refractivity contribution < 1.29 is 15.3 Å². The molecule has 4 rings (SSSR count). The number of benzene rings is 4. The number of aromatic hydroxyl groups is 3. The van der Waals surface area contributed by atoms with Gasteiger partial charge in [-0.3, -0.25) is 0 Å². The molecule has 0 heterocycles. The van der Waals surface area contributed by atoms with E-state index in [9.17, 15) is 15.3 Å². The number of unbranched alkanes of at least 4 members (excludes halogenated alkanes) is 6. The Balaban J connectivity index is 1.91. The van der Waals surface area contributed by atoms with Crippen molar-refractivity contribution >= 4 is 0 Å². The molecular weight excluding hydrogens is 516 g/mol. The van der Waals surface area contributed by atoms with Crippen LogP contribution in [0.25, 0.3) is 33.4 Å². The minimum atomic E-state index is 0.301. The standard InChI is InChI=1S/C39H48O3/c1-4-7-10-13-28-25-34(40)16-19-37(28)31-22-32(38-20-17-35(41)26-29(38)14-11-8-5-2)24-33(23-31)39-21-18-36(42)27-30(39)15-12-9-6-3/h16-27,40-42H,4-15H2,1-3H3. The molecule has 0 aliphatic rings. The zero-order valence-electron chi connectivity index (χ0n) is 25.8. The van der Waals surface area contributed by atoms with Gasteiger partial charge in [-0.2, -0.15) is 0 Å². The van der Waals surface area contributed by atoms with E-state index in [4.69, 9.17) is 0 Å². The summed E-state index contributed by atoms with van der Waals surface area (Å²) in [5.41, 5.74) is 10.3. The number of hydrogen-bond donors (Lipinski definition) is 3. The fourth-order valence-corrected chi connectivity index (χ4v) is 6.00. The number of aryl methyl sites for hydroxylation is 3. The predicted molar refractivity (Wildman–Crippen MR) is 177 cm³/mol. The zero-order valence-corrected chi connectivity index (χ0v) is 25.8. The van der Waals surface area contributed by atoms with Crippen molar-refractivity contribution in [2.45, 2.75) is 97.8 Å². The lowest BCUT2D eigenvalue weighted by Crippen LogP contribution is -1.96. The van der Waals surface area contributed by atoms with E-state index >= 15 is 0 Å². The second kappa shape index (κ2) is 15.5. The molecular formula is C39H48O3. The third kappa shape index (κ3) is 8.18. The van der Waals surface area contributed by atoms with Crippen LogP contribution in [0.4, 0.5) is 0 Å². The summed E-state index contributed by atoms with van der Waals surface area (Å²) in [6.07, 6.45) is 12.9. The quantitative estimate of drug-likeness (QED) is 0.126. The van der Waals surface area contributed by atoms with Crippen LogP contribution in [-0.4, -0.2) is 15.3 Å². The van der Waals surface area contributed by atoms with Crippen LogP contribution in [0.15, 0.2) is 72.8 Å². The van der Waals surface area contributed by atoms with E-state index in [0.717, 1.165) is 127 Å². The van der Waals surface area contributed by atoms with Gasteiger partial charge >= 0.3 is 0 Å². The van der Waals surface area contributed by atoms with Gasteiger partial charge in [0.25, 0.3) is 0 Å². The third-order valence-corrected chi connectivity index (χ3v) is 8.28. The molecule has 4 aromatic carbocycles. The van der Waals surface area contributed by atoms with Gasteiger partial charge in [-0.25, -0.2) is 0 Å². The van der Waals surface area contributed by atoms with Crippen molar-refractivity contribution in [3.63, 3.8) is 0 Å². The smallest absolute Gasteiger partial charge is 0.115 e. The molecule has 0 saturated heterocycles. The van der Waals surface area contributed by atoms with Crippen molar-refractivity contribution in [3.8, 4) is 50.6 Å². The molecule has 4 aromatic rings. The van der Waals surface area contributed by atoms with Gasteiger partial charge in [-0.1, -0.05) is 77.5 Å². The van der Waals surface area contributed by atoms with E-state index in [1.807, 2.05) is 18.2 Å². The molecule has 0 spiro atoms. The Morgan fingerprint density at radius 2 is 0.667 bits per heavy atom. The summed E-state index contributed by atoms with van der Waals surface area (Å²) >= 11 is 0. The van der Waals surface area contributed by atoms with Crippen LogP contribution in [0.5, 0.6) is 17.2 Å². The van der Waals surface area contributed by atoms with E-state index in [1.54, 1.807) is 18.2 Å². The van der Waals surface area contributed by atoms with E-state index in [0.29, 0.717) is 17.2 Å². The molecule has 0 aliphatic heterocycles. The van der Waals surface area contributed by atoms with E-state index in [-0.39, 0.29) is 0 Å². The van der Waals surface area contributed by atoms with Crippen LogP contribution in [-0.2, 0) is 19.3 Å². The SMILES string of the molecule is CCCCCc1cc(O)ccc1-c1cc(-c2ccc(O)cc2CCCCC)cc(-c2ccc(O)cc2CCCCC)c1. The minimum Gasteiger partial charge on any atom is -0.508 e. The fraction of sp³-hybridized carbons (Fsp3) is 0.385. The summed E-state index contributed by atoms with van der Waals surface area (Å²) in [4.78, 5) is 0. The molecule has 3 heteroatoms. The first-order valence-corrected chi connectivity index (χ1v) is 16.0. The number of hydrogen-bond acceptors (Lipinski definition) is 3. The monoisotopic (exact) mass is 564 g/mol. The average Bonchev–Trinajstić information content (AvgIpc) is 2.98. The van der Waals surface area contributed by atoms with E-state index < -0.39 is 0 Å². The first-order valence-electron chi connectivity index (χ1n) is 16.0. The highest BCUT2D eigenvalue weighted by atomic mass is 16.3. The van der Waals surface area contributed by atoms with Gasteiger partial charge in [-0.15, -0.1) is 0 Å². The lowest BCUT2D eigenvalue weighted by Gasteiger charge is -2.18. The maximum Gasteiger partial charge on any atom is 0.115 e. The van der Waals surface area contributed by atoms with Crippen molar-refractivity contribution in [2.24, 2.45) is 0 Å². The minimum absolute atomic E-state index is 0.301. The van der Waals surface area contributed by atoms with Crippen molar-refractivity contribution in [2.75, 3.05) is 0 Å². The summed E-state index contributed by atoms with van der Waals surface area (Å²) in [7, 11) is 0. The summed E-state index contributed by atoms with van der Waals surface area (Å²) < 4.78 is 0. The van der Waals surface area contributed by atoms with Crippen LogP contribution in [0.2, 0.25) is 0 Å². The second-order valence-corrected chi connectivity index (χ2v) is 11.7. The second-order valence-electron chi connectivity index (χ2n) is 11.7. The van der Waals surface area contributed by atoms with E-state index in [1.165, 1.54) is 0 Å². The predicted octanol–water partition coefficient (Wildman–Crippen LogP) is 11.0. The molecule has 0 saturated carbocycles. The summed E-state index contributed by atoms with van der Waals surface area (Å²) in [5, 5.41) is 31.2. The first-order chi connectivity index (χ1) is 20.4. The van der Waals surface area contributed by atoms with Gasteiger partial charge in [0.05, 0.1) is 0 Å². The highest BCUT2D eigenvalue weighted by molar-refractivity contribution is 5.84.